The quantitative estimate of drug-likeness (QED) is 0.441. The number of fused-ring (bicyclic) bond motifs is 2. The Bertz CT molecular complexity index is 1140. The van der Waals surface area contributed by atoms with Gasteiger partial charge in [-0.2, -0.15) is 5.10 Å². The molecule has 1 amide bonds. The Hall–Kier alpha value is -3.81. The van der Waals surface area contributed by atoms with E-state index in [0.29, 0.717) is 16.6 Å². The zero-order valence-electron chi connectivity index (χ0n) is 12.8. The highest BCUT2D eigenvalue weighted by atomic mass is 16.6. The average Bonchev–Trinajstić information content (AvgIpc) is 3.04. The van der Waals surface area contributed by atoms with E-state index in [2.05, 4.69) is 20.5 Å². The topological polar surface area (TPSA) is 114 Å². The number of nitro benzene ring substituents is 1. The van der Waals surface area contributed by atoms with E-state index in [1.165, 1.54) is 18.2 Å². The first-order chi connectivity index (χ1) is 12.1. The third-order valence-electron chi connectivity index (χ3n) is 3.82. The molecule has 2 heterocycles. The van der Waals surface area contributed by atoms with Crippen molar-refractivity contribution in [2.45, 2.75) is 0 Å². The first kappa shape index (κ1) is 14.8. The van der Waals surface area contributed by atoms with Crippen molar-refractivity contribution in [3.8, 4) is 0 Å². The van der Waals surface area contributed by atoms with Gasteiger partial charge in [0, 0.05) is 22.9 Å². The first-order valence-electron chi connectivity index (χ1n) is 7.40. The van der Waals surface area contributed by atoms with E-state index in [-0.39, 0.29) is 11.4 Å². The monoisotopic (exact) mass is 333 g/mol. The minimum atomic E-state index is -0.513. The van der Waals surface area contributed by atoms with Crippen molar-refractivity contribution in [1.29, 1.82) is 0 Å². The number of hydrogen-bond acceptors (Lipinski definition) is 5. The van der Waals surface area contributed by atoms with E-state index in [0.717, 1.165) is 10.9 Å². The predicted octanol–water partition coefficient (Wildman–Crippen LogP) is 3.27. The smallest absolute Gasteiger partial charge is 0.276 e. The van der Waals surface area contributed by atoms with Crippen LogP contribution in [0.1, 0.15) is 10.5 Å². The number of nitrogens with one attached hydrogen (secondary N) is 2. The second-order valence-corrected chi connectivity index (χ2v) is 5.43. The van der Waals surface area contributed by atoms with E-state index in [9.17, 15) is 14.9 Å². The summed E-state index contributed by atoms with van der Waals surface area (Å²) in [7, 11) is 0. The van der Waals surface area contributed by atoms with Crippen LogP contribution in [0.5, 0.6) is 0 Å². The molecule has 25 heavy (non-hydrogen) atoms. The Morgan fingerprint density at radius 1 is 1.16 bits per heavy atom. The molecule has 0 saturated heterocycles. The second-order valence-electron chi connectivity index (χ2n) is 5.43. The normalized spacial score (nSPS) is 10.9. The van der Waals surface area contributed by atoms with Gasteiger partial charge in [-0.1, -0.05) is 18.2 Å². The first-order valence-corrected chi connectivity index (χ1v) is 7.40. The van der Waals surface area contributed by atoms with Crippen LogP contribution in [0.3, 0.4) is 0 Å². The van der Waals surface area contributed by atoms with Gasteiger partial charge >= 0.3 is 0 Å². The number of anilines is 1. The van der Waals surface area contributed by atoms with Crippen LogP contribution in [0, 0.1) is 10.1 Å². The molecule has 4 rings (SSSR count). The summed E-state index contributed by atoms with van der Waals surface area (Å²) in [4.78, 5) is 27.2. The van der Waals surface area contributed by atoms with Crippen molar-refractivity contribution in [2.24, 2.45) is 0 Å². The van der Waals surface area contributed by atoms with Gasteiger partial charge in [0.15, 0.2) is 5.69 Å². The molecule has 0 saturated carbocycles. The Labute approximate surface area is 140 Å². The standard InChI is InChI=1S/C17H11N5O3/c23-17(19-11-7-10-3-1-2-4-14(10)18-9-11)16-13-8-12(22(24)25)5-6-15(13)20-21-16/h1-9H,(H,19,23)(H,20,21). The summed E-state index contributed by atoms with van der Waals surface area (Å²) in [5.74, 6) is -0.469. The number of amides is 1. The number of H-pyrrole nitrogens is 1. The molecule has 2 aromatic heterocycles. The summed E-state index contributed by atoms with van der Waals surface area (Å²) in [6.07, 6.45) is 1.55. The Kier molecular flexibility index (Phi) is 3.35. The molecule has 0 aliphatic heterocycles. The SMILES string of the molecule is O=C(Nc1cnc2ccccc2c1)c1n[nH]c2ccc([N+](=O)[O-])cc12. The van der Waals surface area contributed by atoms with Crippen LogP contribution in [-0.2, 0) is 0 Å². The summed E-state index contributed by atoms with van der Waals surface area (Å²) in [6.45, 7) is 0. The van der Waals surface area contributed by atoms with Crippen LogP contribution in [0.25, 0.3) is 21.8 Å². The molecule has 122 valence electrons. The van der Waals surface area contributed by atoms with E-state index in [1.54, 1.807) is 12.3 Å². The van der Waals surface area contributed by atoms with Gasteiger partial charge in [0.1, 0.15) is 0 Å². The highest BCUT2D eigenvalue weighted by Crippen LogP contribution is 2.23. The number of pyridine rings is 1. The number of para-hydroxylation sites is 1. The number of aromatic nitrogens is 3. The fourth-order valence-corrected chi connectivity index (χ4v) is 2.62. The summed E-state index contributed by atoms with van der Waals surface area (Å²) >= 11 is 0. The highest BCUT2D eigenvalue weighted by molar-refractivity contribution is 6.11. The number of nitro groups is 1. The zero-order valence-corrected chi connectivity index (χ0v) is 12.8. The maximum atomic E-state index is 12.5. The number of carbonyl (C=O) groups excluding carboxylic acids is 1. The van der Waals surface area contributed by atoms with Gasteiger partial charge in [0.2, 0.25) is 0 Å². The number of hydrogen-bond donors (Lipinski definition) is 2. The number of benzene rings is 2. The van der Waals surface area contributed by atoms with E-state index < -0.39 is 10.8 Å². The molecule has 2 N–H and O–H groups in total. The maximum Gasteiger partial charge on any atom is 0.276 e. The zero-order chi connectivity index (χ0) is 17.4. The van der Waals surface area contributed by atoms with Crippen LogP contribution >= 0.6 is 0 Å². The molecule has 0 aliphatic rings. The second kappa shape index (κ2) is 5.68. The van der Waals surface area contributed by atoms with Crippen molar-refractivity contribution in [2.75, 3.05) is 5.32 Å². The van der Waals surface area contributed by atoms with Gasteiger partial charge in [-0.15, -0.1) is 0 Å². The van der Waals surface area contributed by atoms with Gasteiger partial charge < -0.3 is 5.32 Å². The lowest BCUT2D eigenvalue weighted by Gasteiger charge is -2.04. The van der Waals surface area contributed by atoms with Crippen LogP contribution in [0.2, 0.25) is 0 Å². The van der Waals surface area contributed by atoms with E-state index in [4.69, 9.17) is 0 Å². The molecule has 0 atom stereocenters. The van der Waals surface area contributed by atoms with E-state index >= 15 is 0 Å². The minimum Gasteiger partial charge on any atom is -0.319 e. The fraction of sp³-hybridized carbons (Fsp3) is 0. The third-order valence-corrected chi connectivity index (χ3v) is 3.82. The lowest BCUT2D eigenvalue weighted by atomic mass is 10.1. The Morgan fingerprint density at radius 3 is 2.84 bits per heavy atom. The molecule has 8 nitrogen and oxygen atoms in total. The highest BCUT2D eigenvalue weighted by Gasteiger charge is 2.17. The molecule has 2 aromatic carbocycles. The van der Waals surface area contributed by atoms with Gasteiger partial charge in [-0.05, 0) is 18.2 Å². The van der Waals surface area contributed by atoms with Crippen LogP contribution in [0.4, 0.5) is 11.4 Å². The number of carbonyl (C=O) groups is 1. The maximum absolute atomic E-state index is 12.5. The van der Waals surface area contributed by atoms with Crippen molar-refractivity contribution in [3.05, 3.63) is 70.5 Å². The molecule has 0 unspecified atom stereocenters. The number of rotatable bonds is 3. The lowest BCUT2D eigenvalue weighted by molar-refractivity contribution is -0.384. The summed E-state index contributed by atoms with van der Waals surface area (Å²) in [5, 5.41) is 21.6. The lowest BCUT2D eigenvalue weighted by Crippen LogP contribution is -2.13. The van der Waals surface area contributed by atoms with Gasteiger partial charge in [-0.25, -0.2) is 0 Å². The summed E-state index contributed by atoms with van der Waals surface area (Å²) in [6, 6.07) is 13.5. The predicted molar refractivity (Wildman–Crippen MR) is 92.4 cm³/mol. The van der Waals surface area contributed by atoms with Crippen molar-refractivity contribution in [3.63, 3.8) is 0 Å². The summed E-state index contributed by atoms with van der Waals surface area (Å²) in [5.41, 5.74) is 1.88. The van der Waals surface area contributed by atoms with Gasteiger partial charge in [-0.3, -0.25) is 25.0 Å². The molecule has 8 heteroatoms. The van der Waals surface area contributed by atoms with Crippen molar-refractivity contribution in [1.82, 2.24) is 15.2 Å². The van der Waals surface area contributed by atoms with Crippen molar-refractivity contribution < 1.29 is 9.72 Å². The fourth-order valence-electron chi connectivity index (χ4n) is 2.62. The molecule has 0 radical (unpaired) electrons. The van der Waals surface area contributed by atoms with Gasteiger partial charge in [0.25, 0.3) is 11.6 Å². The molecule has 0 aliphatic carbocycles. The number of nitrogens with zero attached hydrogens (tertiary/aromatic N) is 3. The van der Waals surface area contributed by atoms with Crippen LogP contribution in [-0.4, -0.2) is 26.0 Å². The van der Waals surface area contributed by atoms with Crippen molar-refractivity contribution >= 4 is 39.1 Å². The molecule has 0 fully saturated rings. The molecule has 0 spiro atoms. The largest absolute Gasteiger partial charge is 0.319 e. The Balaban J connectivity index is 1.69. The molecular formula is C17H11N5O3. The van der Waals surface area contributed by atoms with E-state index in [1.807, 2.05) is 24.3 Å². The third kappa shape index (κ3) is 2.65. The molecule has 0 bridgehead atoms. The average molecular weight is 333 g/mol. The van der Waals surface area contributed by atoms with Crippen LogP contribution < -0.4 is 5.32 Å². The summed E-state index contributed by atoms with van der Waals surface area (Å²) < 4.78 is 0. The van der Waals surface area contributed by atoms with Gasteiger partial charge in [0.05, 0.1) is 27.8 Å². The number of non-ortho nitro benzene ring substituents is 1. The van der Waals surface area contributed by atoms with Crippen LogP contribution in [0.15, 0.2) is 54.7 Å². The minimum absolute atomic E-state index is 0.0897. The molecular weight excluding hydrogens is 322 g/mol. The molecule has 4 aromatic rings. The number of aromatic amines is 1. The Morgan fingerprint density at radius 2 is 2.00 bits per heavy atom.